The highest BCUT2D eigenvalue weighted by atomic mass is 16.6. The van der Waals surface area contributed by atoms with E-state index in [2.05, 4.69) is 25.1 Å². The van der Waals surface area contributed by atoms with Crippen molar-refractivity contribution in [2.45, 2.75) is 33.6 Å². The third-order valence-electron chi connectivity index (χ3n) is 7.21. The maximum absolute atomic E-state index is 11.6. The molecule has 54 heavy (non-hydrogen) atoms. The van der Waals surface area contributed by atoms with Gasteiger partial charge in [0.2, 0.25) is 5.95 Å². The monoisotopic (exact) mass is 736 g/mol. The molecule has 0 aliphatic carbocycles. The van der Waals surface area contributed by atoms with E-state index in [9.17, 15) is 14.4 Å². The fourth-order valence-electron chi connectivity index (χ4n) is 4.47. The summed E-state index contributed by atoms with van der Waals surface area (Å²) < 4.78 is 32.3. The van der Waals surface area contributed by atoms with Gasteiger partial charge in [0, 0.05) is 35.2 Å². The standard InChI is InChI=1S/C41H44N4O9/c1-27(2)38(46)52-22-19-49-33-13-7-30(8-14-33)25-36-43-37(26-31-9-15-34(16-10-31)50-20-23-53-39(47)28(3)4)45-41(44-36)42-32-11-17-35(18-12-32)51-21-24-54-40(48)29(5)6/h7-18H,1,3,5,19-26H2,2,4,6H3,(H,42,43,44,45). The Morgan fingerprint density at radius 2 is 0.833 bits per heavy atom. The molecular weight excluding hydrogens is 692 g/mol. The minimum Gasteiger partial charge on any atom is -0.490 e. The van der Waals surface area contributed by atoms with Gasteiger partial charge in [-0.3, -0.25) is 0 Å². The lowest BCUT2D eigenvalue weighted by Crippen LogP contribution is -2.12. The second kappa shape index (κ2) is 20.5. The summed E-state index contributed by atoms with van der Waals surface area (Å²) in [6.45, 7) is 16.4. The number of benzene rings is 3. The van der Waals surface area contributed by atoms with E-state index in [0.29, 0.717) is 64.4 Å². The van der Waals surface area contributed by atoms with E-state index in [1.54, 1.807) is 32.9 Å². The van der Waals surface area contributed by atoms with Crippen LogP contribution in [0, 0.1) is 0 Å². The first kappa shape index (κ1) is 40.3. The third-order valence-corrected chi connectivity index (χ3v) is 7.21. The van der Waals surface area contributed by atoms with Crippen LogP contribution in [-0.2, 0) is 41.4 Å². The number of esters is 3. The molecule has 282 valence electrons. The van der Waals surface area contributed by atoms with Gasteiger partial charge < -0.3 is 33.7 Å². The number of hydrogen-bond acceptors (Lipinski definition) is 13. The molecule has 1 heterocycles. The average Bonchev–Trinajstić information content (AvgIpc) is 3.15. The van der Waals surface area contributed by atoms with Crippen LogP contribution in [0.15, 0.2) is 109 Å². The number of rotatable bonds is 21. The van der Waals surface area contributed by atoms with Crippen LogP contribution in [0.1, 0.15) is 43.5 Å². The van der Waals surface area contributed by atoms with Crippen LogP contribution in [-0.4, -0.2) is 72.5 Å². The van der Waals surface area contributed by atoms with Gasteiger partial charge >= 0.3 is 17.9 Å². The van der Waals surface area contributed by atoms with Crippen LogP contribution < -0.4 is 19.5 Å². The molecular formula is C41H44N4O9. The van der Waals surface area contributed by atoms with Crippen LogP contribution in [0.25, 0.3) is 0 Å². The molecule has 0 atom stereocenters. The first-order chi connectivity index (χ1) is 25.9. The van der Waals surface area contributed by atoms with Crippen LogP contribution >= 0.6 is 0 Å². The minimum absolute atomic E-state index is 0.105. The van der Waals surface area contributed by atoms with Crippen LogP contribution in [0.5, 0.6) is 17.2 Å². The van der Waals surface area contributed by atoms with E-state index in [1.807, 2.05) is 60.7 Å². The number of carbonyl (C=O) groups excluding carboxylic acids is 3. The Morgan fingerprint density at radius 1 is 0.500 bits per heavy atom. The van der Waals surface area contributed by atoms with Crippen molar-refractivity contribution in [3.8, 4) is 17.2 Å². The van der Waals surface area contributed by atoms with Crippen molar-refractivity contribution in [1.82, 2.24) is 15.0 Å². The van der Waals surface area contributed by atoms with Gasteiger partial charge in [-0.05, 0) is 80.4 Å². The van der Waals surface area contributed by atoms with Crippen LogP contribution in [0.3, 0.4) is 0 Å². The third kappa shape index (κ3) is 13.9. The SMILES string of the molecule is C=C(C)C(=O)OCCOc1ccc(Cc2nc(Cc3ccc(OCCOC(=O)C(=C)C)cc3)nc(Nc3ccc(OCCOC(=O)C(=C)C)cc3)n2)cc1. The molecule has 1 aromatic heterocycles. The van der Waals surface area contributed by atoms with Crippen molar-refractivity contribution >= 4 is 29.5 Å². The zero-order valence-corrected chi connectivity index (χ0v) is 30.7. The molecule has 13 nitrogen and oxygen atoms in total. The first-order valence-electron chi connectivity index (χ1n) is 17.1. The molecule has 1 N–H and O–H groups in total. The minimum atomic E-state index is -0.460. The van der Waals surface area contributed by atoms with Crippen molar-refractivity contribution < 1.29 is 42.8 Å². The van der Waals surface area contributed by atoms with Crippen molar-refractivity contribution in [2.75, 3.05) is 45.0 Å². The van der Waals surface area contributed by atoms with Gasteiger partial charge in [0.25, 0.3) is 0 Å². The van der Waals surface area contributed by atoms with E-state index in [0.717, 1.165) is 16.8 Å². The highest BCUT2D eigenvalue weighted by Gasteiger charge is 2.11. The average molecular weight is 737 g/mol. The number of hydrogen-bond donors (Lipinski definition) is 1. The first-order valence-corrected chi connectivity index (χ1v) is 17.1. The molecule has 0 bridgehead atoms. The van der Waals surface area contributed by atoms with Crippen molar-refractivity contribution in [2.24, 2.45) is 0 Å². The normalized spacial score (nSPS) is 10.4. The summed E-state index contributed by atoms with van der Waals surface area (Å²) in [6, 6.07) is 22.2. The lowest BCUT2D eigenvalue weighted by Gasteiger charge is -2.12. The van der Waals surface area contributed by atoms with E-state index in [-0.39, 0.29) is 39.6 Å². The zero-order valence-electron chi connectivity index (χ0n) is 30.7. The number of carbonyl (C=O) groups is 3. The molecule has 0 unspecified atom stereocenters. The lowest BCUT2D eigenvalue weighted by molar-refractivity contribution is -0.140. The maximum atomic E-state index is 11.6. The van der Waals surface area contributed by atoms with Gasteiger partial charge in [0.15, 0.2) is 0 Å². The van der Waals surface area contributed by atoms with Crippen molar-refractivity contribution in [3.63, 3.8) is 0 Å². The summed E-state index contributed by atoms with van der Waals surface area (Å²) in [5, 5.41) is 3.26. The molecule has 4 aromatic rings. The number of nitrogens with zero attached hydrogens (tertiary/aromatic N) is 3. The number of aromatic nitrogens is 3. The smallest absolute Gasteiger partial charge is 0.333 e. The number of ether oxygens (including phenoxy) is 6. The summed E-state index contributed by atoms with van der Waals surface area (Å²) in [5.74, 6) is 1.96. The Balaban J connectivity index is 1.42. The lowest BCUT2D eigenvalue weighted by atomic mass is 10.1. The Hall–Kier alpha value is -6.50. The van der Waals surface area contributed by atoms with E-state index < -0.39 is 17.9 Å². The second-order valence-corrected chi connectivity index (χ2v) is 12.1. The van der Waals surface area contributed by atoms with Crippen LogP contribution in [0.4, 0.5) is 11.6 Å². The fraction of sp³-hybridized carbons (Fsp3) is 0.268. The van der Waals surface area contributed by atoms with Gasteiger partial charge in [-0.1, -0.05) is 44.0 Å². The molecule has 0 radical (unpaired) electrons. The second-order valence-electron chi connectivity index (χ2n) is 12.1. The fourth-order valence-corrected chi connectivity index (χ4v) is 4.47. The molecule has 0 saturated carbocycles. The predicted molar refractivity (Wildman–Crippen MR) is 202 cm³/mol. The van der Waals surface area contributed by atoms with Crippen molar-refractivity contribution in [1.29, 1.82) is 0 Å². The predicted octanol–water partition coefficient (Wildman–Crippen LogP) is 6.29. The highest BCUT2D eigenvalue weighted by molar-refractivity contribution is 5.87. The molecule has 0 saturated heterocycles. The molecule has 13 heteroatoms. The zero-order chi connectivity index (χ0) is 38.9. The highest BCUT2D eigenvalue weighted by Crippen LogP contribution is 2.21. The summed E-state index contributed by atoms with van der Waals surface area (Å²) >= 11 is 0. The molecule has 0 aliphatic rings. The summed E-state index contributed by atoms with van der Waals surface area (Å²) in [4.78, 5) is 48.9. The van der Waals surface area contributed by atoms with Gasteiger partial charge in [-0.15, -0.1) is 0 Å². The molecule has 0 aliphatic heterocycles. The number of anilines is 2. The molecule has 0 amide bonds. The topological polar surface area (TPSA) is 157 Å². The summed E-state index contributed by atoms with van der Waals surface area (Å²) in [6.07, 6.45) is 0.846. The Morgan fingerprint density at radius 3 is 1.17 bits per heavy atom. The van der Waals surface area contributed by atoms with Gasteiger partial charge in [0.1, 0.15) is 68.5 Å². The van der Waals surface area contributed by atoms with Crippen molar-refractivity contribution in [3.05, 3.63) is 132 Å². The Kier molecular flexibility index (Phi) is 15.3. The Bertz CT molecular complexity index is 1690. The Labute approximate surface area is 314 Å². The molecule has 4 rings (SSSR count). The summed E-state index contributed by atoms with van der Waals surface area (Å²) in [5.41, 5.74) is 3.62. The number of nitrogens with one attached hydrogen (secondary N) is 1. The van der Waals surface area contributed by atoms with E-state index in [4.69, 9.17) is 43.4 Å². The molecule has 0 fully saturated rings. The molecule has 3 aromatic carbocycles. The van der Waals surface area contributed by atoms with Gasteiger partial charge in [-0.25, -0.2) is 19.4 Å². The maximum Gasteiger partial charge on any atom is 0.333 e. The quantitative estimate of drug-likeness (QED) is 0.0441. The van der Waals surface area contributed by atoms with E-state index in [1.165, 1.54) is 0 Å². The van der Waals surface area contributed by atoms with Gasteiger partial charge in [0.05, 0.1) is 0 Å². The van der Waals surface area contributed by atoms with Gasteiger partial charge in [-0.2, -0.15) is 9.97 Å². The summed E-state index contributed by atoms with van der Waals surface area (Å²) in [7, 11) is 0. The molecule has 0 spiro atoms. The van der Waals surface area contributed by atoms with E-state index >= 15 is 0 Å². The largest absolute Gasteiger partial charge is 0.490 e. The van der Waals surface area contributed by atoms with Crippen LogP contribution in [0.2, 0.25) is 0 Å².